The first-order valence-electron chi connectivity index (χ1n) is 8.39. The smallest absolute Gasteiger partial charge is 0.240 e. The fourth-order valence-corrected chi connectivity index (χ4v) is 3.09. The van der Waals surface area contributed by atoms with Gasteiger partial charge in [0.2, 0.25) is 11.8 Å². The molecule has 1 aromatic carbocycles. The molecule has 1 heterocycles. The molecule has 0 aromatic heterocycles. The number of fused-ring (bicyclic) bond motifs is 1. The van der Waals surface area contributed by atoms with E-state index in [-0.39, 0.29) is 30.8 Å². The number of aryl methyl sites for hydroxylation is 1. The summed E-state index contributed by atoms with van der Waals surface area (Å²) in [6.07, 6.45) is 2.37. The first-order valence-corrected chi connectivity index (χ1v) is 8.39. The van der Waals surface area contributed by atoms with Crippen LogP contribution in [0.5, 0.6) is 0 Å². The van der Waals surface area contributed by atoms with Crippen molar-refractivity contribution in [3.05, 3.63) is 29.8 Å². The van der Waals surface area contributed by atoms with Crippen LogP contribution in [0.4, 0.5) is 5.69 Å². The number of carbonyl (C=O) groups excluding carboxylic acids is 2. The Labute approximate surface area is 137 Å². The third-order valence-corrected chi connectivity index (χ3v) is 4.59. The molecule has 0 radical (unpaired) electrons. The maximum absolute atomic E-state index is 12.2. The predicted molar refractivity (Wildman–Crippen MR) is 90.2 cm³/mol. The molecule has 1 aliphatic rings. The number of carbonyl (C=O) groups is 2. The highest BCUT2D eigenvalue weighted by atomic mass is 16.3. The minimum Gasteiger partial charge on any atom is -0.391 e. The van der Waals surface area contributed by atoms with E-state index in [9.17, 15) is 14.7 Å². The summed E-state index contributed by atoms with van der Waals surface area (Å²) in [4.78, 5) is 25.8. The number of anilines is 1. The van der Waals surface area contributed by atoms with Crippen molar-refractivity contribution in [2.24, 2.45) is 5.92 Å². The summed E-state index contributed by atoms with van der Waals surface area (Å²) in [7, 11) is 0. The summed E-state index contributed by atoms with van der Waals surface area (Å²) in [6, 6.07) is 7.68. The SMILES string of the molecule is CCC(CC)C(O)CNC(=O)CN1C(=O)CCc2ccccc21. The minimum atomic E-state index is -0.543. The molecule has 5 nitrogen and oxygen atoms in total. The van der Waals surface area contributed by atoms with Crippen LogP contribution in [0, 0.1) is 5.92 Å². The average molecular weight is 318 g/mol. The quantitative estimate of drug-likeness (QED) is 0.806. The molecule has 0 bridgehead atoms. The van der Waals surface area contributed by atoms with Crippen molar-refractivity contribution in [2.75, 3.05) is 18.0 Å². The third kappa shape index (κ3) is 4.32. The van der Waals surface area contributed by atoms with E-state index in [0.717, 1.165) is 30.5 Å². The fourth-order valence-electron chi connectivity index (χ4n) is 3.09. The van der Waals surface area contributed by atoms with E-state index in [1.165, 1.54) is 4.90 Å². The second-order valence-corrected chi connectivity index (χ2v) is 6.06. The zero-order valence-corrected chi connectivity index (χ0v) is 13.9. The van der Waals surface area contributed by atoms with Gasteiger partial charge < -0.3 is 15.3 Å². The lowest BCUT2D eigenvalue weighted by Crippen LogP contribution is -2.45. The van der Waals surface area contributed by atoms with Gasteiger partial charge in [0.25, 0.3) is 0 Å². The number of rotatable bonds is 7. The van der Waals surface area contributed by atoms with Crippen molar-refractivity contribution in [1.82, 2.24) is 5.32 Å². The fraction of sp³-hybridized carbons (Fsp3) is 0.556. The molecule has 126 valence electrons. The Hall–Kier alpha value is -1.88. The van der Waals surface area contributed by atoms with Crippen LogP contribution < -0.4 is 10.2 Å². The number of aliphatic hydroxyl groups is 1. The van der Waals surface area contributed by atoms with E-state index in [0.29, 0.717) is 6.42 Å². The Kier molecular flexibility index (Phi) is 6.16. The van der Waals surface area contributed by atoms with Crippen LogP contribution in [0.15, 0.2) is 24.3 Å². The number of aliphatic hydroxyl groups excluding tert-OH is 1. The van der Waals surface area contributed by atoms with Crippen LogP contribution in [0.1, 0.15) is 38.7 Å². The lowest BCUT2D eigenvalue weighted by Gasteiger charge is -2.29. The van der Waals surface area contributed by atoms with Gasteiger partial charge >= 0.3 is 0 Å². The Morgan fingerprint density at radius 3 is 2.65 bits per heavy atom. The summed E-state index contributed by atoms with van der Waals surface area (Å²) in [6.45, 7) is 4.30. The number of hydrogen-bond donors (Lipinski definition) is 2. The molecular weight excluding hydrogens is 292 g/mol. The highest BCUT2D eigenvalue weighted by Crippen LogP contribution is 2.27. The van der Waals surface area contributed by atoms with Gasteiger partial charge in [0, 0.05) is 18.7 Å². The van der Waals surface area contributed by atoms with Crippen LogP contribution in [-0.2, 0) is 16.0 Å². The van der Waals surface area contributed by atoms with Crippen molar-refractivity contribution in [1.29, 1.82) is 0 Å². The van der Waals surface area contributed by atoms with Gasteiger partial charge in [-0.25, -0.2) is 0 Å². The topological polar surface area (TPSA) is 69.6 Å². The van der Waals surface area contributed by atoms with E-state index in [1.54, 1.807) is 0 Å². The van der Waals surface area contributed by atoms with Gasteiger partial charge in [-0.15, -0.1) is 0 Å². The van der Waals surface area contributed by atoms with E-state index in [2.05, 4.69) is 5.32 Å². The molecule has 1 unspecified atom stereocenters. The molecular formula is C18H26N2O3. The van der Waals surface area contributed by atoms with Gasteiger partial charge in [0.05, 0.1) is 6.10 Å². The maximum atomic E-state index is 12.2. The number of amides is 2. The average Bonchev–Trinajstić information content (AvgIpc) is 2.56. The molecule has 0 spiro atoms. The van der Waals surface area contributed by atoms with E-state index < -0.39 is 6.10 Å². The van der Waals surface area contributed by atoms with Gasteiger partial charge in [0.15, 0.2) is 0 Å². The molecule has 0 saturated heterocycles. The molecule has 5 heteroatoms. The minimum absolute atomic E-state index is 0.00544. The molecule has 1 aliphatic heterocycles. The first-order chi connectivity index (χ1) is 11.1. The van der Waals surface area contributed by atoms with Gasteiger partial charge in [-0.2, -0.15) is 0 Å². The second-order valence-electron chi connectivity index (χ2n) is 6.06. The number of nitrogens with one attached hydrogen (secondary N) is 1. The molecule has 1 aromatic rings. The monoisotopic (exact) mass is 318 g/mol. The summed E-state index contributed by atoms with van der Waals surface area (Å²) in [5, 5.41) is 12.8. The van der Waals surface area contributed by atoms with Crippen molar-refractivity contribution < 1.29 is 14.7 Å². The molecule has 0 saturated carbocycles. The molecule has 2 amide bonds. The standard InChI is InChI=1S/C18H26N2O3/c1-3-13(4-2)16(21)11-19-17(22)12-20-15-8-6-5-7-14(15)9-10-18(20)23/h5-8,13,16,21H,3-4,9-12H2,1-2H3,(H,19,22). The maximum Gasteiger partial charge on any atom is 0.240 e. The van der Waals surface area contributed by atoms with Crippen LogP contribution in [0.25, 0.3) is 0 Å². The van der Waals surface area contributed by atoms with E-state index in [1.807, 2.05) is 38.1 Å². The Balaban J connectivity index is 1.94. The van der Waals surface area contributed by atoms with Gasteiger partial charge in [-0.3, -0.25) is 9.59 Å². The van der Waals surface area contributed by atoms with Gasteiger partial charge in [-0.05, 0) is 24.0 Å². The zero-order chi connectivity index (χ0) is 16.8. The highest BCUT2D eigenvalue weighted by Gasteiger charge is 2.26. The summed E-state index contributed by atoms with van der Waals surface area (Å²) in [5.41, 5.74) is 1.91. The number of para-hydroxylation sites is 1. The van der Waals surface area contributed by atoms with E-state index >= 15 is 0 Å². The predicted octanol–water partition coefficient (Wildman–Crippen LogP) is 1.88. The Bertz CT molecular complexity index is 555. The number of nitrogens with zero attached hydrogens (tertiary/aromatic N) is 1. The molecule has 0 fully saturated rings. The number of hydrogen-bond acceptors (Lipinski definition) is 3. The normalized spacial score (nSPS) is 15.5. The lowest BCUT2D eigenvalue weighted by atomic mass is 9.96. The molecule has 1 atom stereocenters. The Morgan fingerprint density at radius 1 is 1.26 bits per heavy atom. The molecule has 2 N–H and O–H groups in total. The molecule has 2 rings (SSSR count). The Morgan fingerprint density at radius 2 is 1.96 bits per heavy atom. The van der Waals surface area contributed by atoms with Crippen molar-refractivity contribution >= 4 is 17.5 Å². The summed E-state index contributed by atoms with van der Waals surface area (Å²) < 4.78 is 0. The third-order valence-electron chi connectivity index (χ3n) is 4.59. The van der Waals surface area contributed by atoms with Crippen molar-refractivity contribution in [2.45, 2.75) is 45.6 Å². The second kappa shape index (κ2) is 8.11. The van der Waals surface area contributed by atoms with Crippen LogP contribution in [0.2, 0.25) is 0 Å². The summed E-state index contributed by atoms with van der Waals surface area (Å²) >= 11 is 0. The van der Waals surface area contributed by atoms with Gasteiger partial charge in [-0.1, -0.05) is 44.9 Å². The summed E-state index contributed by atoms with van der Waals surface area (Å²) in [5.74, 6) is -0.0768. The van der Waals surface area contributed by atoms with Gasteiger partial charge in [0.1, 0.15) is 6.54 Å². The first kappa shape index (κ1) is 17.5. The van der Waals surface area contributed by atoms with Crippen molar-refractivity contribution in [3.8, 4) is 0 Å². The van der Waals surface area contributed by atoms with Crippen LogP contribution >= 0.6 is 0 Å². The van der Waals surface area contributed by atoms with E-state index in [4.69, 9.17) is 0 Å². The van der Waals surface area contributed by atoms with Crippen molar-refractivity contribution in [3.63, 3.8) is 0 Å². The number of benzene rings is 1. The highest BCUT2D eigenvalue weighted by molar-refractivity contribution is 6.00. The molecule has 23 heavy (non-hydrogen) atoms. The largest absolute Gasteiger partial charge is 0.391 e. The van der Waals surface area contributed by atoms with Crippen LogP contribution in [-0.4, -0.2) is 36.1 Å². The zero-order valence-electron chi connectivity index (χ0n) is 13.9. The van der Waals surface area contributed by atoms with Crippen LogP contribution in [0.3, 0.4) is 0 Å². The lowest BCUT2D eigenvalue weighted by molar-refractivity contribution is -0.124. The molecule has 0 aliphatic carbocycles.